The number of amides is 1. The topological polar surface area (TPSA) is 66.8 Å². The Morgan fingerprint density at radius 1 is 1.17 bits per heavy atom. The zero-order valence-electron chi connectivity index (χ0n) is 13.5. The van der Waals surface area contributed by atoms with E-state index in [0.717, 1.165) is 22.6 Å². The molecule has 0 bridgehead atoms. The van der Waals surface area contributed by atoms with Crippen molar-refractivity contribution in [3.05, 3.63) is 59.2 Å². The summed E-state index contributed by atoms with van der Waals surface area (Å²) in [5.74, 6) is -0.149. The summed E-state index contributed by atoms with van der Waals surface area (Å²) in [7, 11) is 0. The Kier molecular flexibility index (Phi) is 4.51. The van der Waals surface area contributed by atoms with Gasteiger partial charge in [0, 0.05) is 6.42 Å². The summed E-state index contributed by atoms with van der Waals surface area (Å²) >= 11 is 0. The van der Waals surface area contributed by atoms with Gasteiger partial charge in [-0.05, 0) is 48.7 Å². The van der Waals surface area contributed by atoms with Crippen molar-refractivity contribution < 1.29 is 19.4 Å². The maximum atomic E-state index is 12.6. The number of aryl methyl sites for hydroxylation is 2. The molecule has 2 aromatic rings. The normalized spacial score (nSPS) is 13.1. The first kappa shape index (κ1) is 16.1. The Bertz CT molecular complexity index is 767. The summed E-state index contributed by atoms with van der Waals surface area (Å²) in [5, 5.41) is 8.90. The Labute approximate surface area is 140 Å². The van der Waals surface area contributed by atoms with Crippen molar-refractivity contribution in [3.63, 3.8) is 0 Å². The van der Waals surface area contributed by atoms with Crippen molar-refractivity contribution >= 4 is 17.6 Å². The number of ether oxygens (including phenoxy) is 1. The van der Waals surface area contributed by atoms with Crippen LogP contribution in [0.5, 0.6) is 5.75 Å². The number of hydrogen-bond acceptors (Lipinski definition) is 3. The van der Waals surface area contributed by atoms with Crippen LogP contribution in [0.15, 0.2) is 42.5 Å². The summed E-state index contributed by atoms with van der Waals surface area (Å²) < 4.78 is 5.63. The lowest BCUT2D eigenvalue weighted by Gasteiger charge is -2.30. The Morgan fingerprint density at radius 2 is 1.92 bits per heavy atom. The number of hydrogen-bond donors (Lipinski definition) is 1. The molecule has 5 nitrogen and oxygen atoms in total. The fourth-order valence-electron chi connectivity index (χ4n) is 2.79. The number of aromatic carboxylic acids is 1. The molecule has 1 aliphatic rings. The van der Waals surface area contributed by atoms with Gasteiger partial charge < -0.3 is 14.7 Å². The number of anilines is 1. The smallest absolute Gasteiger partial charge is 0.335 e. The van der Waals surface area contributed by atoms with Gasteiger partial charge in [-0.15, -0.1) is 0 Å². The number of fused-ring (bicyclic) bond motifs is 1. The van der Waals surface area contributed by atoms with E-state index in [2.05, 4.69) is 0 Å². The Balaban J connectivity index is 1.67. The number of carbonyl (C=O) groups excluding carboxylic acids is 1. The number of rotatable bonds is 4. The predicted molar refractivity (Wildman–Crippen MR) is 90.7 cm³/mol. The van der Waals surface area contributed by atoms with Crippen LogP contribution in [0.2, 0.25) is 0 Å². The van der Waals surface area contributed by atoms with Gasteiger partial charge in [-0.3, -0.25) is 4.79 Å². The third kappa shape index (κ3) is 3.40. The molecule has 0 atom stereocenters. The molecule has 0 radical (unpaired) electrons. The molecular weight excluding hydrogens is 306 g/mol. The SMILES string of the molecule is Cc1ccc2c(c1)OCCN2C(=O)CCc1ccc(C(=O)O)cc1. The maximum absolute atomic E-state index is 12.6. The third-order valence-corrected chi connectivity index (χ3v) is 4.11. The molecule has 5 heteroatoms. The molecule has 0 saturated carbocycles. The summed E-state index contributed by atoms with van der Waals surface area (Å²) in [6.45, 7) is 3.04. The van der Waals surface area contributed by atoms with Crippen LogP contribution in [0, 0.1) is 6.92 Å². The summed E-state index contributed by atoms with van der Waals surface area (Å²) in [6, 6.07) is 12.5. The van der Waals surface area contributed by atoms with Gasteiger partial charge in [-0.2, -0.15) is 0 Å². The van der Waals surface area contributed by atoms with Crippen molar-refractivity contribution in [2.24, 2.45) is 0 Å². The molecule has 0 aromatic heterocycles. The molecule has 1 heterocycles. The molecular formula is C19H19NO4. The molecule has 3 rings (SSSR count). The highest BCUT2D eigenvalue weighted by molar-refractivity contribution is 5.95. The summed E-state index contributed by atoms with van der Waals surface area (Å²) in [6.07, 6.45) is 0.955. The largest absolute Gasteiger partial charge is 0.490 e. The molecule has 124 valence electrons. The van der Waals surface area contributed by atoms with Crippen LogP contribution in [0.4, 0.5) is 5.69 Å². The molecule has 0 unspecified atom stereocenters. The second-order valence-corrected chi connectivity index (χ2v) is 5.87. The van der Waals surface area contributed by atoms with Crippen molar-refractivity contribution in [1.82, 2.24) is 0 Å². The predicted octanol–water partition coefficient (Wildman–Crippen LogP) is 3.05. The molecule has 1 amide bonds. The third-order valence-electron chi connectivity index (χ3n) is 4.11. The van der Waals surface area contributed by atoms with Crippen molar-refractivity contribution in [2.45, 2.75) is 19.8 Å². The quantitative estimate of drug-likeness (QED) is 0.938. The van der Waals surface area contributed by atoms with Crippen LogP contribution < -0.4 is 9.64 Å². The summed E-state index contributed by atoms with van der Waals surface area (Å²) in [4.78, 5) is 25.2. The van der Waals surface area contributed by atoms with E-state index in [1.54, 1.807) is 29.2 Å². The highest BCUT2D eigenvalue weighted by atomic mass is 16.5. The molecule has 2 aromatic carbocycles. The average Bonchev–Trinajstić information content (AvgIpc) is 2.59. The second-order valence-electron chi connectivity index (χ2n) is 5.87. The van der Waals surface area contributed by atoms with Crippen molar-refractivity contribution in [1.29, 1.82) is 0 Å². The number of carboxylic acid groups (broad SMARTS) is 1. The monoisotopic (exact) mass is 325 g/mol. The van der Waals surface area contributed by atoms with Gasteiger partial charge in [0.15, 0.2) is 0 Å². The highest BCUT2D eigenvalue weighted by Crippen LogP contribution is 2.32. The molecule has 0 fully saturated rings. The fraction of sp³-hybridized carbons (Fsp3) is 0.263. The van der Waals surface area contributed by atoms with Gasteiger partial charge >= 0.3 is 5.97 Å². The van der Waals surface area contributed by atoms with E-state index in [1.165, 1.54) is 0 Å². The average molecular weight is 325 g/mol. The van der Waals surface area contributed by atoms with Gasteiger partial charge in [-0.25, -0.2) is 4.79 Å². The Hall–Kier alpha value is -2.82. The minimum Gasteiger partial charge on any atom is -0.490 e. The zero-order valence-corrected chi connectivity index (χ0v) is 13.5. The molecule has 1 aliphatic heterocycles. The van der Waals surface area contributed by atoms with E-state index >= 15 is 0 Å². The first-order valence-electron chi connectivity index (χ1n) is 7.90. The van der Waals surface area contributed by atoms with Crippen LogP contribution in [-0.4, -0.2) is 30.1 Å². The van der Waals surface area contributed by atoms with E-state index in [-0.39, 0.29) is 11.5 Å². The minimum absolute atomic E-state index is 0.0470. The van der Waals surface area contributed by atoms with E-state index in [1.807, 2.05) is 25.1 Å². The van der Waals surface area contributed by atoms with Gasteiger partial charge in [-0.1, -0.05) is 18.2 Å². The van der Waals surface area contributed by atoms with Crippen LogP contribution in [0.1, 0.15) is 27.9 Å². The van der Waals surface area contributed by atoms with Gasteiger partial charge in [0.05, 0.1) is 17.8 Å². The zero-order chi connectivity index (χ0) is 17.1. The van der Waals surface area contributed by atoms with E-state index in [4.69, 9.17) is 9.84 Å². The lowest BCUT2D eigenvalue weighted by molar-refractivity contribution is -0.118. The molecule has 0 aliphatic carbocycles. The van der Waals surface area contributed by atoms with E-state index < -0.39 is 5.97 Å². The van der Waals surface area contributed by atoms with E-state index in [9.17, 15) is 9.59 Å². The van der Waals surface area contributed by atoms with Crippen LogP contribution in [-0.2, 0) is 11.2 Å². The molecule has 0 spiro atoms. The lowest BCUT2D eigenvalue weighted by Crippen LogP contribution is -2.38. The van der Waals surface area contributed by atoms with Crippen molar-refractivity contribution in [2.75, 3.05) is 18.1 Å². The highest BCUT2D eigenvalue weighted by Gasteiger charge is 2.23. The molecule has 24 heavy (non-hydrogen) atoms. The standard InChI is InChI=1S/C19H19NO4/c1-13-2-8-16-17(12-13)24-11-10-20(16)18(21)9-5-14-3-6-15(7-4-14)19(22)23/h2-4,6-8,12H,5,9-11H2,1H3,(H,22,23). The van der Waals surface area contributed by atoms with Crippen LogP contribution in [0.25, 0.3) is 0 Å². The fourth-order valence-corrected chi connectivity index (χ4v) is 2.79. The van der Waals surface area contributed by atoms with E-state index in [0.29, 0.717) is 26.0 Å². The Morgan fingerprint density at radius 3 is 2.62 bits per heavy atom. The second kappa shape index (κ2) is 6.74. The number of nitrogens with zero attached hydrogens (tertiary/aromatic N) is 1. The van der Waals surface area contributed by atoms with Crippen LogP contribution in [0.3, 0.4) is 0 Å². The molecule has 1 N–H and O–H groups in total. The maximum Gasteiger partial charge on any atom is 0.335 e. The lowest BCUT2D eigenvalue weighted by atomic mass is 10.1. The number of carbonyl (C=O) groups is 2. The summed E-state index contributed by atoms with van der Waals surface area (Å²) in [5.41, 5.74) is 3.12. The number of benzene rings is 2. The van der Waals surface area contributed by atoms with Crippen LogP contribution >= 0.6 is 0 Å². The number of carboxylic acids is 1. The first-order chi connectivity index (χ1) is 11.5. The van der Waals surface area contributed by atoms with Gasteiger partial charge in [0.2, 0.25) is 5.91 Å². The van der Waals surface area contributed by atoms with Gasteiger partial charge in [0.25, 0.3) is 0 Å². The first-order valence-corrected chi connectivity index (χ1v) is 7.90. The minimum atomic E-state index is -0.946. The molecule has 0 saturated heterocycles. The van der Waals surface area contributed by atoms with Gasteiger partial charge in [0.1, 0.15) is 12.4 Å². The van der Waals surface area contributed by atoms with Crippen molar-refractivity contribution in [3.8, 4) is 5.75 Å².